The van der Waals surface area contributed by atoms with Crippen LogP contribution < -0.4 is 5.32 Å². The topological polar surface area (TPSA) is 30.5 Å². The summed E-state index contributed by atoms with van der Waals surface area (Å²) in [7, 11) is 1.74. The third-order valence-electron chi connectivity index (χ3n) is 4.00. The van der Waals surface area contributed by atoms with E-state index in [9.17, 15) is 0 Å². The first-order valence-electron chi connectivity index (χ1n) is 7.38. The molecule has 1 heterocycles. The van der Waals surface area contributed by atoms with Crippen molar-refractivity contribution in [3.05, 3.63) is 29.8 Å². The van der Waals surface area contributed by atoms with Gasteiger partial charge in [-0.1, -0.05) is 18.2 Å². The average molecular weight is 277 g/mol. The number of rotatable bonds is 5. The van der Waals surface area contributed by atoms with Crippen LogP contribution in [0.4, 0.5) is 5.69 Å². The fraction of sp³-hybridized carbons (Fsp3) is 0.647. The van der Waals surface area contributed by atoms with Crippen LogP contribution in [0.25, 0.3) is 0 Å². The molecule has 1 unspecified atom stereocenters. The van der Waals surface area contributed by atoms with Crippen LogP contribution in [0.5, 0.6) is 0 Å². The molecule has 1 aliphatic heterocycles. The van der Waals surface area contributed by atoms with E-state index in [4.69, 9.17) is 9.47 Å². The van der Waals surface area contributed by atoms with E-state index in [0.29, 0.717) is 6.04 Å². The van der Waals surface area contributed by atoms with Gasteiger partial charge < -0.3 is 14.8 Å². The van der Waals surface area contributed by atoms with Crippen LogP contribution in [0.3, 0.4) is 0 Å². The predicted molar refractivity (Wildman–Crippen MR) is 83.3 cm³/mol. The van der Waals surface area contributed by atoms with E-state index in [-0.39, 0.29) is 11.2 Å². The lowest BCUT2D eigenvalue weighted by Gasteiger charge is -2.29. The summed E-state index contributed by atoms with van der Waals surface area (Å²) in [5.41, 5.74) is 2.28. The quantitative estimate of drug-likeness (QED) is 0.891. The Kier molecular flexibility index (Phi) is 4.40. The number of hydrogen-bond donors (Lipinski definition) is 1. The molecule has 1 atom stereocenters. The normalized spacial score (nSPS) is 23.8. The Hall–Kier alpha value is -1.06. The molecular weight excluding hydrogens is 250 g/mol. The molecule has 1 aliphatic rings. The summed E-state index contributed by atoms with van der Waals surface area (Å²) >= 11 is 0. The second kappa shape index (κ2) is 5.74. The summed E-state index contributed by atoms with van der Waals surface area (Å²) in [5, 5.41) is 3.68. The number of anilines is 1. The molecule has 1 fully saturated rings. The van der Waals surface area contributed by atoms with Crippen molar-refractivity contribution in [1.82, 2.24) is 0 Å². The average Bonchev–Trinajstić information content (AvgIpc) is 2.56. The van der Waals surface area contributed by atoms with E-state index in [0.717, 1.165) is 19.4 Å². The third kappa shape index (κ3) is 3.53. The highest BCUT2D eigenvalue weighted by atomic mass is 16.5. The molecule has 1 aromatic rings. The monoisotopic (exact) mass is 277 g/mol. The molecule has 0 amide bonds. The minimum Gasteiger partial charge on any atom is -0.384 e. The zero-order valence-corrected chi connectivity index (χ0v) is 13.3. The maximum Gasteiger partial charge on any atom is 0.0834 e. The molecule has 0 saturated carbocycles. The maximum atomic E-state index is 6.15. The molecule has 0 bridgehead atoms. The van der Waals surface area contributed by atoms with Crippen molar-refractivity contribution < 1.29 is 9.47 Å². The fourth-order valence-corrected chi connectivity index (χ4v) is 3.07. The second-order valence-electron chi connectivity index (χ2n) is 6.77. The number of para-hydroxylation sites is 1. The van der Waals surface area contributed by atoms with Gasteiger partial charge in [0.15, 0.2) is 0 Å². The van der Waals surface area contributed by atoms with Crippen LogP contribution in [0, 0.1) is 0 Å². The van der Waals surface area contributed by atoms with Crippen molar-refractivity contribution in [2.75, 3.05) is 19.0 Å². The standard InChI is InChI=1S/C17H27NO2/c1-16(2)12-15(17(3,4)20-16)18-14-9-7-6-8-13(14)10-11-19-5/h6-9,15,18H,10-12H2,1-5H3. The van der Waals surface area contributed by atoms with Gasteiger partial charge in [-0.25, -0.2) is 0 Å². The fourth-order valence-electron chi connectivity index (χ4n) is 3.07. The summed E-state index contributed by atoms with van der Waals surface area (Å²) in [6, 6.07) is 8.78. The molecule has 0 spiro atoms. The molecule has 1 N–H and O–H groups in total. The van der Waals surface area contributed by atoms with Gasteiger partial charge in [0.05, 0.1) is 23.9 Å². The summed E-state index contributed by atoms with van der Waals surface area (Å²) in [6.07, 6.45) is 1.94. The van der Waals surface area contributed by atoms with Crippen molar-refractivity contribution in [1.29, 1.82) is 0 Å². The lowest BCUT2D eigenvalue weighted by molar-refractivity contribution is -0.0662. The summed E-state index contributed by atoms with van der Waals surface area (Å²) < 4.78 is 11.3. The molecule has 1 saturated heterocycles. The van der Waals surface area contributed by atoms with Gasteiger partial charge in [-0.2, -0.15) is 0 Å². The smallest absolute Gasteiger partial charge is 0.0834 e. The van der Waals surface area contributed by atoms with Gasteiger partial charge in [0.25, 0.3) is 0 Å². The zero-order chi connectivity index (χ0) is 14.8. The number of hydrogen-bond acceptors (Lipinski definition) is 3. The third-order valence-corrected chi connectivity index (χ3v) is 4.00. The molecule has 0 aliphatic carbocycles. The highest BCUT2D eigenvalue weighted by molar-refractivity contribution is 5.52. The molecule has 1 aromatic carbocycles. The van der Waals surface area contributed by atoms with Crippen molar-refractivity contribution in [3.8, 4) is 0 Å². The highest BCUT2D eigenvalue weighted by Gasteiger charge is 2.45. The molecule has 3 nitrogen and oxygen atoms in total. The number of benzene rings is 1. The van der Waals surface area contributed by atoms with Crippen molar-refractivity contribution in [3.63, 3.8) is 0 Å². The van der Waals surface area contributed by atoms with Gasteiger partial charge in [-0.05, 0) is 52.2 Å². The van der Waals surface area contributed by atoms with Gasteiger partial charge in [0, 0.05) is 12.8 Å². The van der Waals surface area contributed by atoms with Crippen LogP contribution in [0.2, 0.25) is 0 Å². The Labute approximate surface area is 122 Å². The van der Waals surface area contributed by atoms with Crippen LogP contribution in [0.1, 0.15) is 39.7 Å². The van der Waals surface area contributed by atoms with Crippen LogP contribution in [-0.2, 0) is 15.9 Å². The van der Waals surface area contributed by atoms with Gasteiger partial charge in [-0.3, -0.25) is 0 Å². The highest BCUT2D eigenvalue weighted by Crippen LogP contribution is 2.39. The summed E-state index contributed by atoms with van der Waals surface area (Å²) in [6.45, 7) is 9.39. The Bertz CT molecular complexity index is 454. The Morgan fingerprint density at radius 3 is 2.55 bits per heavy atom. The SMILES string of the molecule is COCCc1ccccc1NC1CC(C)(C)OC1(C)C. The van der Waals surface area contributed by atoms with Crippen molar-refractivity contribution in [2.24, 2.45) is 0 Å². The molecular formula is C17H27NO2. The van der Waals surface area contributed by atoms with E-state index in [1.165, 1.54) is 11.3 Å². The van der Waals surface area contributed by atoms with E-state index in [2.05, 4.69) is 57.3 Å². The van der Waals surface area contributed by atoms with E-state index >= 15 is 0 Å². The van der Waals surface area contributed by atoms with Crippen molar-refractivity contribution in [2.45, 2.75) is 57.8 Å². The first-order valence-corrected chi connectivity index (χ1v) is 7.38. The number of nitrogens with one attached hydrogen (secondary N) is 1. The largest absolute Gasteiger partial charge is 0.384 e. The van der Waals surface area contributed by atoms with Crippen LogP contribution in [-0.4, -0.2) is 31.0 Å². The zero-order valence-electron chi connectivity index (χ0n) is 13.3. The molecule has 0 aromatic heterocycles. The van der Waals surface area contributed by atoms with E-state index in [1.807, 2.05) is 0 Å². The van der Waals surface area contributed by atoms with E-state index in [1.54, 1.807) is 7.11 Å². The first kappa shape index (κ1) is 15.3. The minimum absolute atomic E-state index is 0.0668. The molecule has 2 rings (SSSR count). The van der Waals surface area contributed by atoms with Crippen LogP contribution >= 0.6 is 0 Å². The molecule has 20 heavy (non-hydrogen) atoms. The lowest BCUT2D eigenvalue weighted by atomic mass is 9.93. The minimum atomic E-state index is -0.155. The Morgan fingerprint density at radius 2 is 1.95 bits per heavy atom. The Morgan fingerprint density at radius 1 is 1.25 bits per heavy atom. The van der Waals surface area contributed by atoms with Gasteiger partial charge >= 0.3 is 0 Å². The predicted octanol–water partition coefficient (Wildman–Crippen LogP) is 3.63. The number of methoxy groups -OCH3 is 1. The second-order valence-corrected chi connectivity index (χ2v) is 6.77. The molecule has 3 heteroatoms. The number of ether oxygens (including phenoxy) is 2. The lowest BCUT2D eigenvalue weighted by Crippen LogP contribution is -2.38. The summed E-state index contributed by atoms with van der Waals surface area (Å²) in [4.78, 5) is 0. The van der Waals surface area contributed by atoms with Crippen molar-refractivity contribution >= 4 is 5.69 Å². The van der Waals surface area contributed by atoms with Crippen LogP contribution in [0.15, 0.2) is 24.3 Å². The molecule has 112 valence electrons. The maximum absolute atomic E-state index is 6.15. The molecule has 0 radical (unpaired) electrons. The van der Waals surface area contributed by atoms with Gasteiger partial charge in [0.2, 0.25) is 0 Å². The Balaban J connectivity index is 2.14. The van der Waals surface area contributed by atoms with Gasteiger partial charge in [0.1, 0.15) is 0 Å². The summed E-state index contributed by atoms with van der Waals surface area (Å²) in [5.74, 6) is 0. The van der Waals surface area contributed by atoms with E-state index < -0.39 is 0 Å². The van der Waals surface area contributed by atoms with Gasteiger partial charge in [-0.15, -0.1) is 0 Å². The first-order chi connectivity index (χ1) is 9.34.